The van der Waals surface area contributed by atoms with Crippen molar-refractivity contribution in [3.05, 3.63) is 47.1 Å². The third-order valence-corrected chi connectivity index (χ3v) is 8.62. The number of rotatable bonds is 9. The molecule has 0 aliphatic heterocycles. The molecular formula is C30H50O. The number of aliphatic hydroxyl groups excluding tert-OH is 1. The Bertz CT molecular complexity index is 700. The summed E-state index contributed by atoms with van der Waals surface area (Å²) in [6.07, 6.45) is 18.6. The summed E-state index contributed by atoms with van der Waals surface area (Å²) in [6, 6.07) is 0. The van der Waals surface area contributed by atoms with Gasteiger partial charge in [-0.3, -0.25) is 0 Å². The highest BCUT2D eigenvalue weighted by atomic mass is 16.3. The van der Waals surface area contributed by atoms with E-state index in [1.807, 2.05) is 0 Å². The Morgan fingerprint density at radius 2 is 1.52 bits per heavy atom. The SMILES string of the molecule is C=C1CC[C@H]2C(C)(C)[C@@H](O)CC[C@]2(C)[C@@H]1CC/C=C(\C)CC/C=C(\C)CCC=C(C)C. The van der Waals surface area contributed by atoms with Gasteiger partial charge in [0.2, 0.25) is 0 Å². The lowest BCUT2D eigenvalue weighted by molar-refractivity contribution is -0.124. The Morgan fingerprint density at radius 3 is 2.13 bits per heavy atom. The van der Waals surface area contributed by atoms with Gasteiger partial charge in [-0.1, -0.05) is 67.9 Å². The summed E-state index contributed by atoms with van der Waals surface area (Å²) < 4.78 is 0. The van der Waals surface area contributed by atoms with Crippen molar-refractivity contribution in [2.75, 3.05) is 0 Å². The highest BCUT2D eigenvalue weighted by molar-refractivity contribution is 5.17. The molecule has 0 unspecified atom stereocenters. The van der Waals surface area contributed by atoms with Crippen LogP contribution in [0.1, 0.15) is 113 Å². The van der Waals surface area contributed by atoms with E-state index in [0.29, 0.717) is 17.3 Å². The van der Waals surface area contributed by atoms with Crippen LogP contribution in [0.2, 0.25) is 0 Å². The Balaban J connectivity index is 1.89. The summed E-state index contributed by atoms with van der Waals surface area (Å²) >= 11 is 0. The summed E-state index contributed by atoms with van der Waals surface area (Å²) in [5, 5.41) is 10.6. The van der Waals surface area contributed by atoms with Crippen LogP contribution in [0, 0.1) is 22.7 Å². The molecule has 0 aromatic heterocycles. The Kier molecular flexibility index (Phi) is 9.43. The average molecular weight is 427 g/mol. The molecule has 0 spiro atoms. The Hall–Kier alpha value is -1.08. The lowest BCUT2D eigenvalue weighted by Gasteiger charge is -2.59. The van der Waals surface area contributed by atoms with E-state index in [9.17, 15) is 5.11 Å². The first-order chi connectivity index (χ1) is 14.5. The molecule has 2 aliphatic rings. The molecule has 0 aromatic rings. The van der Waals surface area contributed by atoms with Gasteiger partial charge in [0.1, 0.15) is 0 Å². The van der Waals surface area contributed by atoms with Crippen molar-refractivity contribution in [1.82, 2.24) is 0 Å². The number of hydrogen-bond donors (Lipinski definition) is 1. The van der Waals surface area contributed by atoms with Crippen molar-refractivity contribution in [2.24, 2.45) is 22.7 Å². The third kappa shape index (κ3) is 6.70. The van der Waals surface area contributed by atoms with Crippen LogP contribution < -0.4 is 0 Å². The molecule has 4 atom stereocenters. The molecule has 0 amide bonds. The molecule has 31 heavy (non-hydrogen) atoms. The van der Waals surface area contributed by atoms with E-state index in [-0.39, 0.29) is 11.5 Å². The van der Waals surface area contributed by atoms with Crippen LogP contribution in [0.15, 0.2) is 47.1 Å². The van der Waals surface area contributed by atoms with E-state index in [4.69, 9.17) is 0 Å². The lowest BCUT2D eigenvalue weighted by atomic mass is 9.46. The topological polar surface area (TPSA) is 20.2 Å². The van der Waals surface area contributed by atoms with Crippen LogP contribution in [0.5, 0.6) is 0 Å². The van der Waals surface area contributed by atoms with E-state index in [1.54, 1.807) is 0 Å². The van der Waals surface area contributed by atoms with Gasteiger partial charge in [0, 0.05) is 0 Å². The molecule has 1 heteroatoms. The largest absolute Gasteiger partial charge is 0.393 e. The molecule has 2 fully saturated rings. The second kappa shape index (κ2) is 11.2. The molecule has 2 aliphatic carbocycles. The summed E-state index contributed by atoms with van der Waals surface area (Å²) in [5.41, 5.74) is 6.24. The fourth-order valence-electron chi connectivity index (χ4n) is 6.53. The van der Waals surface area contributed by atoms with E-state index < -0.39 is 0 Å². The minimum Gasteiger partial charge on any atom is -0.393 e. The summed E-state index contributed by atoms with van der Waals surface area (Å²) in [6.45, 7) is 20.5. The maximum absolute atomic E-state index is 10.6. The first kappa shape index (κ1) is 26.2. The van der Waals surface area contributed by atoms with Crippen LogP contribution in [-0.4, -0.2) is 11.2 Å². The van der Waals surface area contributed by atoms with Gasteiger partial charge in [-0.05, 0) is 115 Å². The van der Waals surface area contributed by atoms with Crippen LogP contribution in [0.4, 0.5) is 0 Å². The molecule has 1 N–H and O–H groups in total. The van der Waals surface area contributed by atoms with E-state index in [1.165, 1.54) is 54.4 Å². The van der Waals surface area contributed by atoms with Gasteiger partial charge in [0.25, 0.3) is 0 Å². The second-order valence-corrected chi connectivity index (χ2v) is 11.7. The average Bonchev–Trinajstić information content (AvgIpc) is 2.67. The van der Waals surface area contributed by atoms with Crippen molar-refractivity contribution in [2.45, 2.75) is 119 Å². The Labute approximate surface area is 193 Å². The number of aliphatic hydroxyl groups is 1. The molecule has 176 valence electrons. The number of fused-ring (bicyclic) bond motifs is 1. The highest BCUT2D eigenvalue weighted by Gasteiger charge is 2.55. The van der Waals surface area contributed by atoms with Gasteiger partial charge >= 0.3 is 0 Å². The summed E-state index contributed by atoms with van der Waals surface area (Å²) in [4.78, 5) is 0. The maximum atomic E-state index is 10.6. The minimum atomic E-state index is -0.154. The van der Waals surface area contributed by atoms with E-state index in [0.717, 1.165) is 32.1 Å². The van der Waals surface area contributed by atoms with Crippen LogP contribution >= 0.6 is 0 Å². The van der Waals surface area contributed by atoms with Gasteiger partial charge in [0.15, 0.2) is 0 Å². The number of allylic oxidation sites excluding steroid dienone is 7. The fourth-order valence-corrected chi connectivity index (χ4v) is 6.53. The molecule has 1 nitrogen and oxygen atoms in total. The van der Waals surface area contributed by atoms with Crippen LogP contribution in [0.25, 0.3) is 0 Å². The molecule has 0 saturated heterocycles. The summed E-state index contributed by atoms with van der Waals surface area (Å²) in [7, 11) is 0. The van der Waals surface area contributed by atoms with Crippen molar-refractivity contribution < 1.29 is 5.11 Å². The first-order valence-electron chi connectivity index (χ1n) is 12.8. The highest BCUT2D eigenvalue weighted by Crippen LogP contribution is 2.61. The molecule has 0 radical (unpaired) electrons. The zero-order chi connectivity index (χ0) is 23.2. The van der Waals surface area contributed by atoms with Gasteiger partial charge in [-0.25, -0.2) is 0 Å². The first-order valence-corrected chi connectivity index (χ1v) is 12.8. The molecule has 0 aromatic carbocycles. The second-order valence-electron chi connectivity index (χ2n) is 11.7. The maximum Gasteiger partial charge on any atom is 0.0594 e. The smallest absolute Gasteiger partial charge is 0.0594 e. The van der Waals surface area contributed by atoms with Crippen LogP contribution in [0.3, 0.4) is 0 Å². The summed E-state index contributed by atoms with van der Waals surface area (Å²) in [5.74, 6) is 1.20. The molecule has 0 heterocycles. The fraction of sp³-hybridized carbons (Fsp3) is 0.733. The third-order valence-electron chi connectivity index (χ3n) is 8.62. The standard InChI is InChI=1S/C30H50O/c1-22(2)12-9-13-23(3)14-10-15-24(4)16-11-17-26-25(5)18-19-27-29(6,7)28(31)20-21-30(26,27)8/h12,14,16,26-28,31H,5,9-11,13,15,17-21H2,1-4,6-8H3/b23-14+,24-16+/t26-,27+,28+,30-/m1/s1. The quantitative estimate of drug-likeness (QED) is 0.365. The van der Waals surface area contributed by atoms with Gasteiger partial charge in [-0.2, -0.15) is 0 Å². The van der Waals surface area contributed by atoms with E-state index >= 15 is 0 Å². The molecule has 0 bridgehead atoms. The predicted octanol–water partition coefficient (Wildman–Crippen LogP) is 8.96. The van der Waals surface area contributed by atoms with Crippen molar-refractivity contribution in [3.63, 3.8) is 0 Å². The van der Waals surface area contributed by atoms with Crippen molar-refractivity contribution in [3.8, 4) is 0 Å². The zero-order valence-electron chi connectivity index (χ0n) is 21.7. The van der Waals surface area contributed by atoms with Gasteiger partial charge in [0.05, 0.1) is 6.10 Å². The predicted molar refractivity (Wildman–Crippen MR) is 137 cm³/mol. The van der Waals surface area contributed by atoms with Crippen LogP contribution in [-0.2, 0) is 0 Å². The number of hydrogen-bond acceptors (Lipinski definition) is 1. The van der Waals surface area contributed by atoms with Gasteiger partial charge < -0.3 is 5.11 Å². The molecular weight excluding hydrogens is 376 g/mol. The normalized spacial score (nSPS) is 31.4. The minimum absolute atomic E-state index is 0.0213. The Morgan fingerprint density at radius 1 is 0.935 bits per heavy atom. The van der Waals surface area contributed by atoms with Gasteiger partial charge in [-0.15, -0.1) is 0 Å². The molecule has 2 saturated carbocycles. The lowest BCUT2D eigenvalue weighted by Crippen LogP contribution is -2.54. The monoisotopic (exact) mass is 426 g/mol. The van der Waals surface area contributed by atoms with Crippen molar-refractivity contribution >= 4 is 0 Å². The molecule has 2 rings (SSSR count). The van der Waals surface area contributed by atoms with E-state index in [2.05, 4.69) is 73.3 Å². The van der Waals surface area contributed by atoms with Crippen molar-refractivity contribution in [1.29, 1.82) is 0 Å². The zero-order valence-corrected chi connectivity index (χ0v) is 21.7.